The molecule has 0 amide bonds. The summed E-state index contributed by atoms with van der Waals surface area (Å²) in [7, 11) is -3.87. The minimum absolute atomic E-state index is 0.160. The Kier molecular flexibility index (Phi) is 7.33. The summed E-state index contributed by atoms with van der Waals surface area (Å²) in [5.74, 6) is 0. The second-order valence-electron chi connectivity index (χ2n) is 9.33. The fourth-order valence-electron chi connectivity index (χ4n) is 4.36. The summed E-state index contributed by atoms with van der Waals surface area (Å²) in [6, 6.07) is 32.2. The van der Waals surface area contributed by atoms with Crippen LogP contribution in [0.1, 0.15) is 34.7 Å². The number of sulfonamides is 1. The topological polar surface area (TPSA) is 89.2 Å². The van der Waals surface area contributed by atoms with E-state index in [4.69, 9.17) is 0 Å². The Bertz CT molecular complexity index is 1660. The van der Waals surface area contributed by atoms with Crippen molar-refractivity contribution in [3.63, 3.8) is 0 Å². The molecule has 8 heteroatoms. The zero-order valence-corrected chi connectivity index (χ0v) is 22.1. The molecule has 5 aromatic rings. The largest absolute Gasteiger partial charge is 0.276 e. The molecule has 1 aromatic heterocycles. The van der Waals surface area contributed by atoms with Crippen molar-refractivity contribution in [2.45, 2.75) is 37.6 Å². The molecule has 1 heterocycles. The van der Waals surface area contributed by atoms with Crippen molar-refractivity contribution < 1.29 is 8.42 Å². The Labute approximate surface area is 222 Å². The molecule has 1 N–H and O–H groups in total. The number of hydrazone groups is 1. The van der Waals surface area contributed by atoms with Crippen LogP contribution in [0.2, 0.25) is 0 Å². The molecule has 0 aliphatic carbocycles. The summed E-state index contributed by atoms with van der Waals surface area (Å²) in [5, 5.41) is 13.4. The summed E-state index contributed by atoms with van der Waals surface area (Å²) in [4.78, 5) is 2.66. The fourth-order valence-corrected chi connectivity index (χ4v) is 5.20. The molecule has 0 spiro atoms. The van der Waals surface area contributed by atoms with Gasteiger partial charge in [0.05, 0.1) is 16.1 Å². The highest BCUT2D eigenvalue weighted by molar-refractivity contribution is 7.89. The van der Waals surface area contributed by atoms with Gasteiger partial charge in [-0.05, 0) is 62.1 Å². The molecule has 38 heavy (non-hydrogen) atoms. The van der Waals surface area contributed by atoms with E-state index in [1.54, 1.807) is 24.3 Å². The maximum atomic E-state index is 13.2. The molecular weight excluding hydrogens is 494 g/mol. The van der Waals surface area contributed by atoms with Crippen LogP contribution < -0.4 is 4.83 Å². The molecular formula is C30H29N5O2S. The van der Waals surface area contributed by atoms with E-state index < -0.39 is 16.1 Å². The molecule has 1 unspecified atom stereocenters. The summed E-state index contributed by atoms with van der Waals surface area (Å²) in [6.07, 6.45) is 1.19. The van der Waals surface area contributed by atoms with E-state index in [1.165, 1.54) is 0 Å². The summed E-state index contributed by atoms with van der Waals surface area (Å²) >= 11 is 0. The highest BCUT2D eigenvalue weighted by Crippen LogP contribution is 2.26. The first-order valence-corrected chi connectivity index (χ1v) is 13.9. The van der Waals surface area contributed by atoms with Crippen molar-refractivity contribution in [2.75, 3.05) is 0 Å². The Morgan fingerprint density at radius 3 is 2.18 bits per heavy atom. The van der Waals surface area contributed by atoms with Gasteiger partial charge in [-0.25, -0.2) is 9.51 Å². The predicted molar refractivity (Wildman–Crippen MR) is 151 cm³/mol. The van der Waals surface area contributed by atoms with Gasteiger partial charge in [0.15, 0.2) is 0 Å². The van der Waals surface area contributed by atoms with Gasteiger partial charge in [-0.2, -0.15) is 13.5 Å². The summed E-state index contributed by atoms with van der Waals surface area (Å²) in [5.41, 5.74) is 6.40. The van der Waals surface area contributed by atoms with Gasteiger partial charge in [0.25, 0.3) is 10.0 Å². The number of fused-ring (bicyclic) bond motifs is 1. The highest BCUT2D eigenvalue weighted by atomic mass is 32.2. The lowest BCUT2D eigenvalue weighted by molar-refractivity contribution is 0.581. The van der Waals surface area contributed by atoms with Gasteiger partial charge >= 0.3 is 0 Å². The van der Waals surface area contributed by atoms with E-state index in [9.17, 15) is 8.42 Å². The van der Waals surface area contributed by atoms with Gasteiger partial charge in [-0.15, -0.1) is 5.10 Å². The van der Waals surface area contributed by atoms with Crippen molar-refractivity contribution in [3.8, 4) is 0 Å². The molecule has 0 radical (unpaired) electrons. The number of hydrogen-bond acceptors (Lipinski definition) is 5. The lowest BCUT2D eigenvalue weighted by atomic mass is 9.96. The van der Waals surface area contributed by atoms with E-state index in [2.05, 4.69) is 32.4 Å². The summed E-state index contributed by atoms with van der Waals surface area (Å²) < 4.78 is 28.2. The lowest BCUT2D eigenvalue weighted by Gasteiger charge is -2.21. The van der Waals surface area contributed by atoms with E-state index >= 15 is 0 Å². The van der Waals surface area contributed by atoms with Crippen molar-refractivity contribution in [3.05, 3.63) is 125 Å². The molecule has 5 rings (SSSR count). The Balaban J connectivity index is 1.60. The predicted octanol–water partition coefficient (Wildman–Crippen LogP) is 5.60. The maximum absolute atomic E-state index is 13.2. The molecule has 0 bridgehead atoms. The lowest BCUT2D eigenvalue weighted by Crippen LogP contribution is -2.27. The Morgan fingerprint density at radius 1 is 0.842 bits per heavy atom. The van der Waals surface area contributed by atoms with Gasteiger partial charge in [0.1, 0.15) is 11.6 Å². The third-order valence-electron chi connectivity index (χ3n) is 6.48. The van der Waals surface area contributed by atoms with Crippen molar-refractivity contribution >= 4 is 26.8 Å². The maximum Gasteiger partial charge on any atom is 0.276 e. The second kappa shape index (κ2) is 11.0. The van der Waals surface area contributed by atoms with Crippen LogP contribution in [-0.2, 0) is 16.4 Å². The Hall–Kier alpha value is -4.30. The number of nitrogens with one attached hydrogen (secondary N) is 1. The van der Waals surface area contributed by atoms with E-state index in [1.807, 2.05) is 85.3 Å². The number of aromatic nitrogens is 3. The fraction of sp³-hybridized carbons (Fsp3) is 0.167. The highest BCUT2D eigenvalue weighted by Gasteiger charge is 2.25. The number of nitrogens with zero attached hydrogens (tertiary/aromatic N) is 4. The first-order valence-electron chi connectivity index (χ1n) is 12.5. The molecule has 1 atom stereocenters. The molecule has 0 fully saturated rings. The molecule has 0 aliphatic rings. The van der Waals surface area contributed by atoms with Gasteiger partial charge in [0, 0.05) is 0 Å². The minimum Gasteiger partial charge on any atom is -0.231 e. The monoisotopic (exact) mass is 523 g/mol. The third kappa shape index (κ3) is 5.65. The first-order chi connectivity index (χ1) is 18.4. The smallest absolute Gasteiger partial charge is 0.231 e. The normalized spacial score (nSPS) is 12.9. The van der Waals surface area contributed by atoms with Crippen LogP contribution in [0.5, 0.6) is 0 Å². The first kappa shape index (κ1) is 25.4. The number of hydrogen-bond donors (Lipinski definition) is 1. The van der Waals surface area contributed by atoms with E-state index in [0.29, 0.717) is 18.6 Å². The van der Waals surface area contributed by atoms with Crippen LogP contribution in [0.3, 0.4) is 0 Å². The van der Waals surface area contributed by atoms with Crippen LogP contribution in [0.25, 0.3) is 11.0 Å². The van der Waals surface area contributed by atoms with Gasteiger partial charge < -0.3 is 0 Å². The molecule has 0 saturated heterocycles. The van der Waals surface area contributed by atoms with E-state index in [0.717, 1.165) is 33.3 Å². The minimum atomic E-state index is -3.87. The van der Waals surface area contributed by atoms with Crippen molar-refractivity contribution in [2.24, 2.45) is 5.10 Å². The van der Waals surface area contributed by atoms with Crippen molar-refractivity contribution in [1.29, 1.82) is 0 Å². The van der Waals surface area contributed by atoms with Crippen LogP contribution in [0.15, 0.2) is 113 Å². The number of aryl methyl sites for hydroxylation is 3. The average Bonchev–Trinajstić information content (AvgIpc) is 3.35. The van der Waals surface area contributed by atoms with Gasteiger partial charge in [-0.3, -0.25) is 0 Å². The van der Waals surface area contributed by atoms with Crippen LogP contribution in [0.4, 0.5) is 0 Å². The van der Waals surface area contributed by atoms with Gasteiger partial charge in [-0.1, -0.05) is 95.2 Å². The summed E-state index contributed by atoms with van der Waals surface area (Å²) in [6.45, 7) is 3.95. The van der Waals surface area contributed by atoms with Gasteiger partial charge in [0.2, 0.25) is 0 Å². The molecule has 0 saturated carbocycles. The zero-order valence-electron chi connectivity index (χ0n) is 21.3. The molecule has 7 nitrogen and oxygen atoms in total. The second-order valence-corrected chi connectivity index (χ2v) is 11.0. The molecule has 4 aromatic carbocycles. The van der Waals surface area contributed by atoms with Crippen molar-refractivity contribution in [1.82, 2.24) is 19.8 Å². The number of rotatable bonds is 9. The molecule has 0 aliphatic heterocycles. The quantitative estimate of drug-likeness (QED) is 0.201. The van der Waals surface area contributed by atoms with Crippen LogP contribution in [0, 0.1) is 13.8 Å². The zero-order chi connectivity index (χ0) is 26.5. The standard InChI is InChI=1S/C30H29N5O2S/c1-22-12-17-25(18-13-22)30(35-29-11-7-6-10-27(29)31-33-35)28(21-16-24-8-4-3-5-9-24)32-34-38(36,37)26-19-14-23(2)15-20-26/h3-15,17-20,30,34H,16,21H2,1-2H3. The number of para-hydroxylation sites is 1. The SMILES string of the molecule is Cc1ccc(C(C(CCc2ccccc2)=NNS(=O)(=O)c2ccc(C)cc2)n2nnc3ccccc32)cc1. The van der Waals surface area contributed by atoms with E-state index in [-0.39, 0.29) is 4.90 Å². The van der Waals surface area contributed by atoms with Crippen LogP contribution >= 0.6 is 0 Å². The molecule has 192 valence electrons. The Morgan fingerprint density at radius 2 is 1.47 bits per heavy atom. The average molecular weight is 524 g/mol. The third-order valence-corrected chi connectivity index (χ3v) is 7.71. The number of benzene rings is 4. The van der Waals surface area contributed by atoms with Crippen LogP contribution in [-0.4, -0.2) is 29.1 Å².